The first-order chi connectivity index (χ1) is 12.2. The van der Waals surface area contributed by atoms with E-state index in [1.54, 1.807) is 19.2 Å². The van der Waals surface area contributed by atoms with Crippen LogP contribution in [-0.2, 0) is 4.74 Å². The number of hydrogen-bond acceptors (Lipinski definition) is 6. The number of fused-ring (bicyclic) bond motifs is 1. The molecule has 0 fully saturated rings. The molecule has 25 heavy (non-hydrogen) atoms. The van der Waals surface area contributed by atoms with Crippen LogP contribution in [0.1, 0.15) is 6.42 Å². The number of phenolic OH excluding ortho intramolecular Hbond substituents is 1. The minimum absolute atomic E-state index is 0.0794. The Morgan fingerprint density at radius 1 is 1.16 bits per heavy atom. The van der Waals surface area contributed by atoms with E-state index in [9.17, 15) is 5.11 Å². The van der Waals surface area contributed by atoms with Crippen molar-refractivity contribution < 1.29 is 9.84 Å². The van der Waals surface area contributed by atoms with Gasteiger partial charge in [0.2, 0.25) is 5.95 Å². The largest absolute Gasteiger partial charge is 0.506 e. The van der Waals surface area contributed by atoms with Crippen molar-refractivity contribution in [3.63, 3.8) is 0 Å². The van der Waals surface area contributed by atoms with E-state index in [0.29, 0.717) is 23.3 Å². The van der Waals surface area contributed by atoms with Gasteiger partial charge >= 0.3 is 0 Å². The number of hydrogen-bond donors (Lipinski definition) is 3. The van der Waals surface area contributed by atoms with Crippen molar-refractivity contribution >= 4 is 40.0 Å². The lowest BCUT2D eigenvalue weighted by Crippen LogP contribution is -2.08. The van der Waals surface area contributed by atoms with Gasteiger partial charge in [0.05, 0.1) is 11.2 Å². The molecule has 0 bridgehead atoms. The summed E-state index contributed by atoms with van der Waals surface area (Å²) in [4.78, 5) is 9.04. The SMILES string of the molecule is COCCCNc1nc(Nc2cc(Cl)ccc2O)nc2ccccc12. The summed E-state index contributed by atoms with van der Waals surface area (Å²) in [5.41, 5.74) is 1.25. The van der Waals surface area contributed by atoms with Crippen LogP contribution in [0.5, 0.6) is 5.75 Å². The van der Waals surface area contributed by atoms with Gasteiger partial charge in [-0.1, -0.05) is 23.7 Å². The number of nitrogens with zero attached hydrogens (tertiary/aromatic N) is 2. The molecule has 3 aromatic rings. The van der Waals surface area contributed by atoms with Crippen LogP contribution in [-0.4, -0.2) is 35.3 Å². The molecule has 6 nitrogen and oxygen atoms in total. The normalized spacial score (nSPS) is 10.8. The van der Waals surface area contributed by atoms with Crippen LogP contribution in [0.15, 0.2) is 42.5 Å². The number of para-hydroxylation sites is 1. The third-order valence-corrected chi connectivity index (χ3v) is 3.86. The Kier molecular flexibility index (Phi) is 5.53. The summed E-state index contributed by atoms with van der Waals surface area (Å²) in [5, 5.41) is 17.8. The maximum atomic E-state index is 9.97. The molecule has 1 aromatic heterocycles. The van der Waals surface area contributed by atoms with Gasteiger partial charge in [-0.3, -0.25) is 0 Å². The first-order valence-electron chi connectivity index (χ1n) is 7.92. The predicted molar refractivity (Wildman–Crippen MR) is 101 cm³/mol. The first kappa shape index (κ1) is 17.3. The van der Waals surface area contributed by atoms with Gasteiger partial charge in [-0.25, -0.2) is 4.98 Å². The highest BCUT2D eigenvalue weighted by atomic mass is 35.5. The summed E-state index contributed by atoms with van der Waals surface area (Å²) < 4.78 is 5.07. The number of aromatic hydroxyl groups is 1. The number of phenols is 1. The Morgan fingerprint density at radius 3 is 2.84 bits per heavy atom. The van der Waals surface area contributed by atoms with Gasteiger partial charge in [0, 0.05) is 30.7 Å². The summed E-state index contributed by atoms with van der Waals surface area (Å²) in [6.07, 6.45) is 0.868. The number of methoxy groups -OCH3 is 1. The second-order valence-corrected chi connectivity index (χ2v) is 5.91. The molecule has 0 aliphatic carbocycles. The molecule has 3 rings (SSSR count). The second kappa shape index (κ2) is 8.00. The smallest absolute Gasteiger partial charge is 0.229 e. The summed E-state index contributed by atoms with van der Waals surface area (Å²) in [7, 11) is 1.68. The van der Waals surface area contributed by atoms with E-state index in [1.807, 2.05) is 24.3 Å². The Labute approximate surface area is 150 Å². The van der Waals surface area contributed by atoms with Crippen LogP contribution in [0.25, 0.3) is 10.9 Å². The Balaban J connectivity index is 1.91. The second-order valence-electron chi connectivity index (χ2n) is 5.47. The van der Waals surface area contributed by atoms with Crippen molar-refractivity contribution in [3.05, 3.63) is 47.5 Å². The minimum Gasteiger partial charge on any atom is -0.506 e. The molecule has 0 saturated heterocycles. The van der Waals surface area contributed by atoms with Crippen molar-refractivity contribution in [2.75, 3.05) is 30.9 Å². The van der Waals surface area contributed by atoms with E-state index < -0.39 is 0 Å². The summed E-state index contributed by atoms with van der Waals surface area (Å²) in [5.74, 6) is 1.19. The molecule has 0 amide bonds. The number of nitrogens with one attached hydrogen (secondary N) is 2. The number of ether oxygens (including phenoxy) is 1. The van der Waals surface area contributed by atoms with Gasteiger partial charge < -0.3 is 20.5 Å². The molecule has 0 atom stereocenters. The van der Waals surface area contributed by atoms with Crippen molar-refractivity contribution in [2.45, 2.75) is 6.42 Å². The van der Waals surface area contributed by atoms with Gasteiger partial charge in [-0.15, -0.1) is 0 Å². The Morgan fingerprint density at radius 2 is 2.00 bits per heavy atom. The van der Waals surface area contributed by atoms with Crippen molar-refractivity contribution in [1.29, 1.82) is 0 Å². The average molecular weight is 359 g/mol. The molecule has 0 radical (unpaired) electrons. The molecule has 0 unspecified atom stereocenters. The maximum Gasteiger partial charge on any atom is 0.229 e. The molecule has 0 spiro atoms. The molecule has 2 aromatic carbocycles. The molecule has 130 valence electrons. The summed E-state index contributed by atoms with van der Waals surface area (Å²) >= 11 is 5.99. The maximum absolute atomic E-state index is 9.97. The third kappa shape index (κ3) is 4.29. The molecule has 1 heterocycles. The average Bonchev–Trinajstić information content (AvgIpc) is 2.62. The number of aromatic nitrogens is 2. The van der Waals surface area contributed by atoms with Gasteiger partial charge in [0.25, 0.3) is 0 Å². The lowest BCUT2D eigenvalue weighted by molar-refractivity contribution is 0.198. The van der Waals surface area contributed by atoms with Crippen LogP contribution in [0, 0.1) is 0 Å². The van der Waals surface area contributed by atoms with Crippen LogP contribution in [0.2, 0.25) is 5.02 Å². The summed E-state index contributed by atoms with van der Waals surface area (Å²) in [6, 6.07) is 12.5. The standard InChI is InChI=1S/C18H19ClN4O2/c1-25-10-4-9-20-17-13-5-2-3-6-14(13)21-18(23-17)22-15-11-12(19)7-8-16(15)24/h2-3,5-8,11,24H,4,9-10H2,1H3,(H2,20,21,22,23). The van der Waals surface area contributed by atoms with Gasteiger partial charge in [-0.2, -0.15) is 4.98 Å². The number of anilines is 3. The first-order valence-corrected chi connectivity index (χ1v) is 8.30. The monoisotopic (exact) mass is 358 g/mol. The van der Waals surface area contributed by atoms with E-state index >= 15 is 0 Å². The quantitative estimate of drug-likeness (QED) is 0.434. The third-order valence-electron chi connectivity index (χ3n) is 3.63. The zero-order valence-corrected chi connectivity index (χ0v) is 14.5. The van der Waals surface area contributed by atoms with Crippen molar-refractivity contribution in [1.82, 2.24) is 9.97 Å². The fraction of sp³-hybridized carbons (Fsp3) is 0.222. The molecule has 7 heteroatoms. The van der Waals surface area contributed by atoms with Crippen molar-refractivity contribution in [3.8, 4) is 5.75 Å². The van der Waals surface area contributed by atoms with Gasteiger partial charge in [0.1, 0.15) is 11.6 Å². The van der Waals surface area contributed by atoms with Crippen LogP contribution in [0.3, 0.4) is 0 Å². The van der Waals surface area contributed by atoms with Crippen LogP contribution >= 0.6 is 11.6 Å². The highest BCUT2D eigenvalue weighted by Crippen LogP contribution is 2.30. The van der Waals surface area contributed by atoms with Crippen LogP contribution in [0.4, 0.5) is 17.5 Å². The van der Waals surface area contributed by atoms with Crippen LogP contribution < -0.4 is 10.6 Å². The summed E-state index contributed by atoms with van der Waals surface area (Å²) in [6.45, 7) is 1.41. The highest BCUT2D eigenvalue weighted by Gasteiger charge is 2.09. The molecule has 3 N–H and O–H groups in total. The van der Waals surface area contributed by atoms with Gasteiger partial charge in [0.15, 0.2) is 0 Å². The fourth-order valence-corrected chi connectivity index (χ4v) is 2.59. The highest BCUT2D eigenvalue weighted by molar-refractivity contribution is 6.31. The molecular weight excluding hydrogens is 340 g/mol. The zero-order chi connectivity index (χ0) is 17.6. The fourth-order valence-electron chi connectivity index (χ4n) is 2.42. The minimum atomic E-state index is 0.0794. The van der Waals surface area contributed by atoms with E-state index in [1.165, 1.54) is 6.07 Å². The topological polar surface area (TPSA) is 79.3 Å². The van der Waals surface area contributed by atoms with Gasteiger partial charge in [-0.05, 0) is 36.8 Å². The molecule has 0 aliphatic rings. The Bertz CT molecular complexity index is 873. The van der Waals surface area contributed by atoms with E-state index in [0.717, 1.165) is 29.7 Å². The number of rotatable bonds is 7. The lowest BCUT2D eigenvalue weighted by Gasteiger charge is -2.12. The molecule has 0 saturated carbocycles. The Hall–Kier alpha value is -2.57. The lowest BCUT2D eigenvalue weighted by atomic mass is 10.2. The molecular formula is C18H19ClN4O2. The van der Waals surface area contributed by atoms with E-state index in [2.05, 4.69) is 20.6 Å². The predicted octanol–water partition coefficient (Wildman–Crippen LogP) is 4.18. The number of benzene rings is 2. The zero-order valence-electron chi connectivity index (χ0n) is 13.8. The van der Waals surface area contributed by atoms with Crippen molar-refractivity contribution in [2.24, 2.45) is 0 Å². The molecule has 0 aliphatic heterocycles. The number of halogens is 1. The van der Waals surface area contributed by atoms with E-state index in [-0.39, 0.29) is 5.75 Å². The van der Waals surface area contributed by atoms with E-state index in [4.69, 9.17) is 16.3 Å².